The number of halogens is 3. The van der Waals surface area contributed by atoms with Crippen molar-refractivity contribution in [3.63, 3.8) is 0 Å². The average Bonchev–Trinajstić information content (AvgIpc) is 2.84. The van der Waals surface area contributed by atoms with Crippen LogP contribution in [0.4, 0.5) is 19.0 Å². The summed E-state index contributed by atoms with van der Waals surface area (Å²) < 4.78 is 31.7. The monoisotopic (exact) mass is 292 g/mol. The number of hydrogen-bond donors (Lipinski definition) is 3. The number of rotatable bonds is 2. The van der Waals surface area contributed by atoms with Gasteiger partial charge in [-0.3, -0.25) is 4.98 Å². The summed E-state index contributed by atoms with van der Waals surface area (Å²) >= 11 is 0. The molecule has 1 aromatic heterocycles. The van der Waals surface area contributed by atoms with Gasteiger partial charge in [0.05, 0.1) is 18.1 Å². The number of nitrogens with one attached hydrogen (secondary N) is 2. The van der Waals surface area contributed by atoms with E-state index in [0.29, 0.717) is 6.04 Å². The van der Waals surface area contributed by atoms with Crippen molar-refractivity contribution in [2.75, 3.05) is 18.4 Å². The van der Waals surface area contributed by atoms with Gasteiger partial charge in [0.1, 0.15) is 5.82 Å². The van der Waals surface area contributed by atoms with Gasteiger partial charge < -0.3 is 15.7 Å². The van der Waals surface area contributed by atoms with Crippen LogP contribution in [-0.4, -0.2) is 46.4 Å². The van der Waals surface area contributed by atoms with Crippen molar-refractivity contribution in [3.05, 3.63) is 18.1 Å². The molecular formula is C11H15F3N4O2. The van der Waals surface area contributed by atoms with Gasteiger partial charge in [0.15, 0.2) is 0 Å². The molecule has 1 aliphatic heterocycles. The van der Waals surface area contributed by atoms with Crippen LogP contribution in [-0.2, 0) is 4.79 Å². The second-order valence-corrected chi connectivity index (χ2v) is 4.18. The highest BCUT2D eigenvalue weighted by Crippen LogP contribution is 2.13. The van der Waals surface area contributed by atoms with Crippen LogP contribution in [0.15, 0.2) is 12.4 Å². The fourth-order valence-electron chi connectivity index (χ4n) is 1.45. The Morgan fingerprint density at radius 1 is 1.45 bits per heavy atom. The maximum atomic E-state index is 10.6. The largest absolute Gasteiger partial charge is 0.490 e. The van der Waals surface area contributed by atoms with E-state index >= 15 is 0 Å². The first-order valence-corrected chi connectivity index (χ1v) is 5.85. The first-order chi connectivity index (χ1) is 9.29. The van der Waals surface area contributed by atoms with Gasteiger partial charge in [-0.2, -0.15) is 13.2 Å². The Labute approximate surface area is 113 Å². The lowest BCUT2D eigenvalue weighted by Crippen LogP contribution is -2.22. The number of aryl methyl sites for hydroxylation is 1. The van der Waals surface area contributed by atoms with E-state index in [1.807, 2.05) is 6.92 Å². The molecule has 1 aromatic rings. The molecule has 0 bridgehead atoms. The molecular weight excluding hydrogens is 277 g/mol. The SMILES string of the molecule is Cc1cnc(N[C@@H]2CCNC2)cn1.O=C(O)C(F)(F)F. The lowest BCUT2D eigenvalue weighted by Gasteiger charge is -2.10. The van der Waals surface area contributed by atoms with Crippen LogP contribution >= 0.6 is 0 Å². The summed E-state index contributed by atoms with van der Waals surface area (Å²) in [6.45, 7) is 4.06. The molecule has 1 saturated heterocycles. The Balaban J connectivity index is 0.000000246. The van der Waals surface area contributed by atoms with Crippen LogP contribution in [0.25, 0.3) is 0 Å². The second kappa shape index (κ2) is 7.04. The molecule has 0 saturated carbocycles. The smallest absolute Gasteiger partial charge is 0.475 e. The van der Waals surface area contributed by atoms with E-state index in [1.165, 1.54) is 0 Å². The van der Waals surface area contributed by atoms with Gasteiger partial charge in [-0.1, -0.05) is 0 Å². The molecule has 0 unspecified atom stereocenters. The molecule has 1 aliphatic rings. The van der Waals surface area contributed by atoms with Crippen molar-refractivity contribution < 1.29 is 23.1 Å². The van der Waals surface area contributed by atoms with Gasteiger partial charge in [-0.15, -0.1) is 0 Å². The third-order valence-electron chi connectivity index (χ3n) is 2.44. The predicted molar refractivity (Wildman–Crippen MR) is 65.4 cm³/mol. The van der Waals surface area contributed by atoms with Crippen molar-refractivity contribution in [2.24, 2.45) is 0 Å². The molecule has 1 fully saturated rings. The van der Waals surface area contributed by atoms with Crippen molar-refractivity contribution in [2.45, 2.75) is 25.6 Å². The number of carboxylic acid groups (broad SMARTS) is 1. The normalized spacial score (nSPS) is 18.1. The second-order valence-electron chi connectivity index (χ2n) is 4.18. The standard InChI is InChI=1S/C9H14N4.C2HF3O2/c1-7-4-12-9(6-11-7)13-8-2-3-10-5-8;3-2(4,5)1(6)7/h4,6,8,10H,2-3,5H2,1H3,(H,12,13);(H,6,7)/t8-;/m1./s1. The van der Waals surface area contributed by atoms with E-state index in [2.05, 4.69) is 20.6 Å². The van der Waals surface area contributed by atoms with Crippen LogP contribution < -0.4 is 10.6 Å². The molecule has 2 rings (SSSR count). The highest BCUT2D eigenvalue weighted by Gasteiger charge is 2.38. The van der Waals surface area contributed by atoms with Crippen LogP contribution in [0.1, 0.15) is 12.1 Å². The van der Waals surface area contributed by atoms with Crippen LogP contribution in [0.3, 0.4) is 0 Å². The molecule has 6 nitrogen and oxygen atoms in total. The number of carbonyl (C=O) groups is 1. The van der Waals surface area contributed by atoms with Crippen LogP contribution in [0.2, 0.25) is 0 Å². The quantitative estimate of drug-likeness (QED) is 0.759. The van der Waals surface area contributed by atoms with Crippen LogP contribution in [0, 0.1) is 6.92 Å². The molecule has 2 heterocycles. The predicted octanol–water partition coefficient (Wildman–Crippen LogP) is 1.19. The first-order valence-electron chi connectivity index (χ1n) is 5.85. The molecule has 0 aliphatic carbocycles. The third kappa shape index (κ3) is 5.83. The van der Waals surface area contributed by atoms with Gasteiger partial charge in [-0.25, -0.2) is 9.78 Å². The Bertz CT molecular complexity index is 430. The zero-order valence-electron chi connectivity index (χ0n) is 10.7. The number of hydrogen-bond acceptors (Lipinski definition) is 5. The van der Waals surface area contributed by atoms with Crippen molar-refractivity contribution >= 4 is 11.8 Å². The van der Waals surface area contributed by atoms with E-state index < -0.39 is 12.1 Å². The maximum Gasteiger partial charge on any atom is 0.490 e. The number of carboxylic acids is 1. The van der Waals surface area contributed by atoms with Crippen molar-refractivity contribution in [1.29, 1.82) is 0 Å². The number of anilines is 1. The zero-order chi connectivity index (χ0) is 15.2. The highest BCUT2D eigenvalue weighted by molar-refractivity contribution is 5.73. The fraction of sp³-hybridized carbons (Fsp3) is 0.545. The van der Waals surface area contributed by atoms with E-state index in [-0.39, 0.29) is 0 Å². The lowest BCUT2D eigenvalue weighted by molar-refractivity contribution is -0.192. The van der Waals surface area contributed by atoms with Gasteiger partial charge in [0.25, 0.3) is 0 Å². The average molecular weight is 292 g/mol. The molecule has 9 heteroatoms. The topological polar surface area (TPSA) is 87.1 Å². The number of aromatic nitrogens is 2. The Hall–Kier alpha value is -1.90. The molecule has 0 amide bonds. The van der Waals surface area contributed by atoms with E-state index in [9.17, 15) is 13.2 Å². The van der Waals surface area contributed by atoms with E-state index in [0.717, 1.165) is 31.0 Å². The van der Waals surface area contributed by atoms with Crippen molar-refractivity contribution in [3.8, 4) is 0 Å². The first kappa shape index (κ1) is 16.2. The Morgan fingerprint density at radius 2 is 2.10 bits per heavy atom. The molecule has 20 heavy (non-hydrogen) atoms. The summed E-state index contributed by atoms with van der Waals surface area (Å²) in [7, 11) is 0. The van der Waals surface area contributed by atoms with Gasteiger partial charge >= 0.3 is 12.1 Å². The number of aliphatic carboxylic acids is 1. The number of alkyl halides is 3. The van der Waals surface area contributed by atoms with E-state index in [1.54, 1.807) is 12.4 Å². The molecule has 112 valence electrons. The summed E-state index contributed by atoms with van der Waals surface area (Å²) in [6, 6.07) is 0.511. The Morgan fingerprint density at radius 3 is 2.50 bits per heavy atom. The van der Waals surface area contributed by atoms with Gasteiger partial charge in [0.2, 0.25) is 0 Å². The molecule has 1 atom stereocenters. The Kier molecular flexibility index (Phi) is 5.68. The molecule has 0 spiro atoms. The molecule has 0 radical (unpaired) electrons. The minimum Gasteiger partial charge on any atom is -0.475 e. The molecule has 0 aromatic carbocycles. The third-order valence-corrected chi connectivity index (χ3v) is 2.44. The summed E-state index contributed by atoms with van der Waals surface area (Å²) in [4.78, 5) is 17.3. The molecule has 3 N–H and O–H groups in total. The minimum absolute atomic E-state index is 0.511. The van der Waals surface area contributed by atoms with Crippen molar-refractivity contribution in [1.82, 2.24) is 15.3 Å². The fourth-order valence-corrected chi connectivity index (χ4v) is 1.45. The van der Waals surface area contributed by atoms with Gasteiger partial charge in [0, 0.05) is 12.6 Å². The summed E-state index contributed by atoms with van der Waals surface area (Å²) in [5, 5.41) is 13.8. The van der Waals surface area contributed by atoms with E-state index in [4.69, 9.17) is 9.90 Å². The summed E-state index contributed by atoms with van der Waals surface area (Å²) in [5.41, 5.74) is 0.954. The van der Waals surface area contributed by atoms with Gasteiger partial charge in [-0.05, 0) is 19.9 Å². The highest BCUT2D eigenvalue weighted by atomic mass is 19.4. The lowest BCUT2D eigenvalue weighted by atomic mass is 10.3. The summed E-state index contributed by atoms with van der Waals surface area (Å²) in [5.74, 6) is -1.88. The summed E-state index contributed by atoms with van der Waals surface area (Å²) in [6.07, 6.45) is -0.353. The maximum absolute atomic E-state index is 10.6. The van der Waals surface area contributed by atoms with Crippen LogP contribution in [0.5, 0.6) is 0 Å². The number of nitrogens with zero attached hydrogens (tertiary/aromatic N) is 2. The minimum atomic E-state index is -5.08. The zero-order valence-corrected chi connectivity index (χ0v) is 10.7.